The molecule has 16 heavy (non-hydrogen) atoms. The van der Waals surface area contributed by atoms with Crippen molar-refractivity contribution in [3.63, 3.8) is 0 Å². The minimum Gasteiger partial charge on any atom is -0.476 e. The number of halogens is 4. The van der Waals surface area contributed by atoms with Gasteiger partial charge in [0.25, 0.3) is 0 Å². The van der Waals surface area contributed by atoms with Gasteiger partial charge in [-0.15, -0.1) is 0 Å². The number of carbonyl (C=O) groups excluding carboxylic acids is 1. The van der Waals surface area contributed by atoms with Crippen LogP contribution in [0.1, 0.15) is 10.5 Å². The quantitative estimate of drug-likeness (QED) is 0.743. The fourth-order valence-electron chi connectivity index (χ4n) is 0.731. The first-order valence-electron chi connectivity index (χ1n) is 3.58. The summed E-state index contributed by atoms with van der Waals surface area (Å²) in [5, 5.41) is 14.2. The maximum Gasteiger partial charge on any atom is 0.471 e. The van der Waals surface area contributed by atoms with Gasteiger partial charge in [0.05, 0.1) is 0 Å². The van der Waals surface area contributed by atoms with E-state index in [0.717, 1.165) is 0 Å². The van der Waals surface area contributed by atoms with E-state index in [-0.39, 0.29) is 0 Å². The van der Waals surface area contributed by atoms with E-state index in [9.17, 15) is 22.8 Å². The van der Waals surface area contributed by atoms with E-state index in [1.807, 2.05) is 5.10 Å². The molecule has 0 aliphatic rings. The Morgan fingerprint density at radius 2 is 2.00 bits per heavy atom. The van der Waals surface area contributed by atoms with Crippen molar-refractivity contribution < 1.29 is 27.9 Å². The minimum absolute atomic E-state index is 0.606. The Bertz CT molecular complexity index is 442. The van der Waals surface area contributed by atoms with Gasteiger partial charge in [0, 0.05) is 0 Å². The summed E-state index contributed by atoms with van der Waals surface area (Å²) < 4.78 is 35.5. The zero-order valence-corrected chi connectivity index (χ0v) is 7.98. The fraction of sp³-hybridized carbons (Fsp3) is 0.167. The number of aromatic amines is 1. The Morgan fingerprint density at radius 1 is 1.44 bits per heavy atom. The van der Waals surface area contributed by atoms with E-state index in [4.69, 9.17) is 16.7 Å². The lowest BCUT2D eigenvalue weighted by Gasteiger charge is -2.04. The second kappa shape index (κ2) is 4.00. The Kier molecular flexibility index (Phi) is 3.08. The second-order valence-corrected chi connectivity index (χ2v) is 2.90. The normalized spacial score (nSPS) is 11.2. The van der Waals surface area contributed by atoms with Crippen molar-refractivity contribution >= 4 is 29.3 Å². The molecule has 0 unspecified atom stereocenters. The molecule has 1 heterocycles. The molecule has 1 amide bonds. The van der Waals surface area contributed by atoms with Crippen LogP contribution in [0.25, 0.3) is 0 Å². The average Bonchev–Trinajstić information content (AvgIpc) is 2.46. The second-order valence-electron chi connectivity index (χ2n) is 2.52. The topological polar surface area (TPSA) is 95.1 Å². The number of carboxylic acid groups (broad SMARTS) is 1. The Hall–Kier alpha value is -1.77. The summed E-state index contributed by atoms with van der Waals surface area (Å²) in [7, 11) is 0. The van der Waals surface area contributed by atoms with Crippen molar-refractivity contribution in [1.29, 1.82) is 0 Å². The molecule has 3 N–H and O–H groups in total. The summed E-state index contributed by atoms with van der Waals surface area (Å²) in [5.74, 6) is -4.50. The highest BCUT2D eigenvalue weighted by atomic mass is 35.5. The lowest BCUT2D eigenvalue weighted by molar-refractivity contribution is -0.167. The van der Waals surface area contributed by atoms with Crippen LogP contribution in [-0.4, -0.2) is 33.4 Å². The SMILES string of the molecule is O=C(O)c1[nH]nc(NC(=O)C(F)(F)F)c1Cl. The Balaban J connectivity index is 2.92. The molecule has 0 spiro atoms. The van der Waals surface area contributed by atoms with Crippen LogP contribution < -0.4 is 5.32 Å². The molecule has 0 radical (unpaired) electrons. The van der Waals surface area contributed by atoms with E-state index in [1.165, 1.54) is 5.32 Å². The van der Waals surface area contributed by atoms with Gasteiger partial charge >= 0.3 is 18.1 Å². The van der Waals surface area contributed by atoms with Crippen molar-refractivity contribution in [3.05, 3.63) is 10.7 Å². The van der Waals surface area contributed by atoms with E-state index in [1.54, 1.807) is 0 Å². The molecule has 0 fully saturated rings. The molecule has 1 aromatic rings. The number of nitrogens with zero attached hydrogens (tertiary/aromatic N) is 1. The number of aromatic carboxylic acids is 1. The molecular formula is C6H3ClF3N3O3. The number of nitrogens with one attached hydrogen (secondary N) is 2. The lowest BCUT2D eigenvalue weighted by atomic mass is 10.4. The molecule has 1 aromatic heterocycles. The third-order valence-corrected chi connectivity index (χ3v) is 1.78. The van der Waals surface area contributed by atoms with Gasteiger partial charge in [-0.3, -0.25) is 9.89 Å². The van der Waals surface area contributed by atoms with Crippen molar-refractivity contribution in [1.82, 2.24) is 10.2 Å². The predicted molar refractivity (Wildman–Crippen MR) is 45.2 cm³/mol. The number of hydrogen-bond donors (Lipinski definition) is 3. The molecule has 88 valence electrons. The van der Waals surface area contributed by atoms with E-state index in [0.29, 0.717) is 0 Å². The summed E-state index contributed by atoms with van der Waals surface area (Å²) in [6, 6.07) is 0. The number of amides is 1. The van der Waals surface area contributed by atoms with Gasteiger partial charge in [-0.25, -0.2) is 4.79 Å². The molecule has 0 saturated carbocycles. The number of aromatic nitrogens is 2. The number of anilines is 1. The smallest absolute Gasteiger partial charge is 0.471 e. The summed E-state index contributed by atoms with van der Waals surface area (Å²) in [5.41, 5.74) is -0.612. The van der Waals surface area contributed by atoms with E-state index in [2.05, 4.69) is 5.10 Å². The maximum atomic E-state index is 11.8. The number of H-pyrrole nitrogens is 1. The number of alkyl halides is 3. The first-order chi connectivity index (χ1) is 7.23. The molecule has 0 aliphatic heterocycles. The van der Waals surface area contributed by atoms with Crippen molar-refractivity contribution in [3.8, 4) is 0 Å². The third-order valence-electron chi connectivity index (χ3n) is 1.41. The van der Waals surface area contributed by atoms with E-state index >= 15 is 0 Å². The summed E-state index contributed by atoms with van der Waals surface area (Å²) in [6.45, 7) is 0. The molecular weight excluding hydrogens is 255 g/mol. The highest BCUT2D eigenvalue weighted by Crippen LogP contribution is 2.25. The van der Waals surface area contributed by atoms with Crippen molar-refractivity contribution in [2.45, 2.75) is 6.18 Å². The van der Waals surface area contributed by atoms with Gasteiger partial charge in [0.2, 0.25) is 0 Å². The van der Waals surface area contributed by atoms with Crippen LogP contribution in [0.15, 0.2) is 0 Å². The number of carboxylic acids is 1. The lowest BCUT2D eigenvalue weighted by Crippen LogP contribution is -2.30. The van der Waals surface area contributed by atoms with Crippen LogP contribution >= 0.6 is 11.6 Å². The average molecular weight is 258 g/mol. The monoisotopic (exact) mass is 257 g/mol. The van der Waals surface area contributed by atoms with Crippen LogP contribution in [0.5, 0.6) is 0 Å². The predicted octanol–water partition coefficient (Wildman–Crippen LogP) is 1.26. The van der Waals surface area contributed by atoms with Gasteiger partial charge in [0.1, 0.15) is 5.02 Å². The molecule has 0 aliphatic carbocycles. The molecule has 0 bridgehead atoms. The minimum atomic E-state index is -5.11. The Morgan fingerprint density at radius 3 is 2.38 bits per heavy atom. The molecule has 0 aromatic carbocycles. The van der Waals surface area contributed by atoms with Gasteiger partial charge in [-0.2, -0.15) is 18.3 Å². The van der Waals surface area contributed by atoms with Crippen LogP contribution in [0.4, 0.5) is 19.0 Å². The first kappa shape index (κ1) is 12.3. The van der Waals surface area contributed by atoms with Crippen LogP contribution in [0, 0.1) is 0 Å². The summed E-state index contributed by atoms with van der Waals surface area (Å²) in [6.07, 6.45) is -5.11. The highest BCUT2D eigenvalue weighted by molar-refractivity contribution is 6.36. The van der Waals surface area contributed by atoms with Crippen molar-refractivity contribution in [2.75, 3.05) is 5.32 Å². The van der Waals surface area contributed by atoms with Crippen molar-refractivity contribution in [2.24, 2.45) is 0 Å². The number of carbonyl (C=O) groups is 2. The van der Waals surface area contributed by atoms with Crippen LogP contribution in [-0.2, 0) is 4.79 Å². The number of hydrogen-bond acceptors (Lipinski definition) is 3. The highest BCUT2D eigenvalue weighted by Gasteiger charge is 2.39. The number of rotatable bonds is 2. The fourth-order valence-corrected chi connectivity index (χ4v) is 0.944. The standard InChI is InChI=1S/C6H3ClF3N3O3/c7-1-2(4(14)15)12-13-3(1)11-5(16)6(8,9)10/h(H,14,15)(H2,11,12,13,16). The third kappa shape index (κ3) is 2.42. The summed E-state index contributed by atoms with van der Waals surface area (Å²) in [4.78, 5) is 20.9. The molecule has 0 atom stereocenters. The Labute approximate surface area is 90.4 Å². The summed E-state index contributed by atoms with van der Waals surface area (Å²) >= 11 is 5.36. The zero-order chi connectivity index (χ0) is 12.5. The first-order valence-corrected chi connectivity index (χ1v) is 3.96. The van der Waals surface area contributed by atoms with Gasteiger partial charge in [-0.05, 0) is 0 Å². The molecule has 1 rings (SSSR count). The maximum absolute atomic E-state index is 11.8. The van der Waals surface area contributed by atoms with Gasteiger partial charge < -0.3 is 10.4 Å². The molecule has 0 saturated heterocycles. The van der Waals surface area contributed by atoms with Crippen LogP contribution in [0.3, 0.4) is 0 Å². The van der Waals surface area contributed by atoms with E-state index < -0.39 is 34.6 Å². The van der Waals surface area contributed by atoms with Crippen LogP contribution in [0.2, 0.25) is 5.02 Å². The van der Waals surface area contributed by atoms with Gasteiger partial charge in [0.15, 0.2) is 11.5 Å². The largest absolute Gasteiger partial charge is 0.476 e. The zero-order valence-electron chi connectivity index (χ0n) is 7.22. The molecule has 10 heteroatoms. The van der Waals surface area contributed by atoms with Gasteiger partial charge in [-0.1, -0.05) is 11.6 Å². The molecule has 6 nitrogen and oxygen atoms in total.